The number of carbonyl (C=O) groups excluding carboxylic acids is 1. The van der Waals surface area contributed by atoms with Gasteiger partial charge in [0.05, 0.1) is 13.0 Å². The van der Waals surface area contributed by atoms with Gasteiger partial charge in [-0.15, -0.1) is 11.8 Å². The van der Waals surface area contributed by atoms with Gasteiger partial charge < -0.3 is 15.4 Å². The topological polar surface area (TPSA) is 50.4 Å². The largest absolute Gasteiger partial charge is 0.496 e. The summed E-state index contributed by atoms with van der Waals surface area (Å²) in [6, 6.07) is 8.05. The van der Waals surface area contributed by atoms with Gasteiger partial charge in [-0.1, -0.05) is 19.1 Å². The lowest BCUT2D eigenvalue weighted by molar-refractivity contribution is -0.125. The zero-order valence-electron chi connectivity index (χ0n) is 13.4. The highest BCUT2D eigenvalue weighted by atomic mass is 32.2. The zero-order valence-corrected chi connectivity index (χ0v) is 14.2. The van der Waals surface area contributed by atoms with E-state index in [1.54, 1.807) is 18.9 Å². The number of thioether (sulfide) groups is 1. The predicted octanol–water partition coefficient (Wildman–Crippen LogP) is 2.54. The fourth-order valence-electron chi connectivity index (χ4n) is 2.52. The van der Waals surface area contributed by atoms with Crippen molar-refractivity contribution in [2.75, 3.05) is 32.5 Å². The molecule has 2 atom stereocenters. The molecule has 0 bridgehead atoms. The molecule has 1 heterocycles. The number of amides is 1. The number of rotatable bonds is 7. The summed E-state index contributed by atoms with van der Waals surface area (Å²) >= 11 is 1.78. The molecule has 1 amide bonds. The van der Waals surface area contributed by atoms with Crippen molar-refractivity contribution in [2.24, 2.45) is 11.8 Å². The Morgan fingerprint density at radius 2 is 2.32 bits per heavy atom. The molecule has 0 radical (unpaired) electrons. The Morgan fingerprint density at radius 3 is 3.05 bits per heavy atom. The molecule has 1 fully saturated rings. The lowest BCUT2D eigenvalue weighted by atomic mass is 9.99. The van der Waals surface area contributed by atoms with Crippen molar-refractivity contribution in [3.63, 3.8) is 0 Å². The minimum atomic E-state index is 0.142. The standard InChI is InChI=1S/C17H26N2O2S/c1-13(10-19-17(20)14-6-5-9-18-11-14)12-22-16-8-4-3-7-15(16)21-2/h3-4,7-8,13-14,18H,5-6,9-12H2,1-2H3,(H,19,20). The lowest BCUT2D eigenvalue weighted by Crippen LogP contribution is -2.41. The van der Waals surface area contributed by atoms with Crippen molar-refractivity contribution in [1.29, 1.82) is 0 Å². The molecule has 4 nitrogen and oxygen atoms in total. The predicted molar refractivity (Wildman–Crippen MR) is 91.5 cm³/mol. The normalized spacial score (nSPS) is 19.5. The van der Waals surface area contributed by atoms with E-state index in [1.165, 1.54) is 0 Å². The summed E-state index contributed by atoms with van der Waals surface area (Å²) < 4.78 is 5.36. The highest BCUT2D eigenvalue weighted by molar-refractivity contribution is 7.99. The molecule has 1 aliphatic heterocycles. The van der Waals surface area contributed by atoms with E-state index >= 15 is 0 Å². The quantitative estimate of drug-likeness (QED) is 0.758. The molecule has 1 aromatic rings. The number of ether oxygens (including phenoxy) is 1. The minimum Gasteiger partial charge on any atom is -0.496 e. The van der Waals surface area contributed by atoms with Crippen LogP contribution in [0, 0.1) is 11.8 Å². The fraction of sp³-hybridized carbons (Fsp3) is 0.588. The number of methoxy groups -OCH3 is 1. The number of piperidine rings is 1. The monoisotopic (exact) mass is 322 g/mol. The smallest absolute Gasteiger partial charge is 0.224 e. The van der Waals surface area contributed by atoms with E-state index in [1.807, 2.05) is 18.2 Å². The van der Waals surface area contributed by atoms with Crippen LogP contribution in [0.1, 0.15) is 19.8 Å². The molecule has 0 aromatic heterocycles. The van der Waals surface area contributed by atoms with Crippen LogP contribution < -0.4 is 15.4 Å². The van der Waals surface area contributed by atoms with Gasteiger partial charge >= 0.3 is 0 Å². The van der Waals surface area contributed by atoms with Crippen LogP contribution in [0.5, 0.6) is 5.75 Å². The molecule has 1 aromatic carbocycles. The van der Waals surface area contributed by atoms with Crippen LogP contribution in [0.2, 0.25) is 0 Å². The van der Waals surface area contributed by atoms with Crippen molar-refractivity contribution in [2.45, 2.75) is 24.7 Å². The number of hydrogen-bond donors (Lipinski definition) is 2. The summed E-state index contributed by atoms with van der Waals surface area (Å²) in [5, 5.41) is 6.38. The highest BCUT2D eigenvalue weighted by Gasteiger charge is 2.20. The van der Waals surface area contributed by atoms with Crippen molar-refractivity contribution in [3.8, 4) is 5.75 Å². The third-order valence-corrected chi connectivity index (χ3v) is 5.27. The van der Waals surface area contributed by atoms with E-state index in [9.17, 15) is 4.79 Å². The van der Waals surface area contributed by atoms with Gasteiger partial charge in [0.15, 0.2) is 0 Å². The second kappa shape index (κ2) is 9.06. The summed E-state index contributed by atoms with van der Waals surface area (Å²) in [4.78, 5) is 13.3. The molecule has 122 valence electrons. The summed E-state index contributed by atoms with van der Waals surface area (Å²) in [6.07, 6.45) is 2.10. The summed E-state index contributed by atoms with van der Waals surface area (Å²) in [6.45, 7) is 4.76. The molecule has 22 heavy (non-hydrogen) atoms. The van der Waals surface area contributed by atoms with E-state index in [0.29, 0.717) is 5.92 Å². The van der Waals surface area contributed by atoms with Gasteiger partial charge in [-0.2, -0.15) is 0 Å². The molecular weight excluding hydrogens is 296 g/mol. The van der Waals surface area contributed by atoms with Crippen LogP contribution >= 0.6 is 11.8 Å². The first-order valence-electron chi connectivity index (χ1n) is 7.95. The molecule has 2 N–H and O–H groups in total. The lowest BCUT2D eigenvalue weighted by Gasteiger charge is -2.22. The number of carbonyl (C=O) groups is 1. The maximum atomic E-state index is 12.1. The van der Waals surface area contributed by atoms with Gasteiger partial charge in [0.25, 0.3) is 0 Å². The second-order valence-corrected chi connectivity index (χ2v) is 6.92. The van der Waals surface area contributed by atoms with Crippen LogP contribution in [0.4, 0.5) is 0 Å². The maximum absolute atomic E-state index is 12.1. The van der Waals surface area contributed by atoms with Gasteiger partial charge in [-0.3, -0.25) is 4.79 Å². The van der Waals surface area contributed by atoms with E-state index in [4.69, 9.17) is 4.74 Å². The average molecular weight is 322 g/mol. The Balaban J connectivity index is 1.71. The number of hydrogen-bond acceptors (Lipinski definition) is 4. The van der Waals surface area contributed by atoms with Crippen LogP contribution in [0.15, 0.2) is 29.2 Å². The van der Waals surface area contributed by atoms with Crippen molar-refractivity contribution < 1.29 is 9.53 Å². The van der Waals surface area contributed by atoms with Crippen LogP contribution in [0.25, 0.3) is 0 Å². The first kappa shape index (κ1) is 17.2. The van der Waals surface area contributed by atoms with Gasteiger partial charge in [0.2, 0.25) is 5.91 Å². The van der Waals surface area contributed by atoms with E-state index in [-0.39, 0.29) is 11.8 Å². The Morgan fingerprint density at radius 1 is 1.50 bits per heavy atom. The molecule has 0 aliphatic carbocycles. The average Bonchev–Trinajstić information content (AvgIpc) is 2.58. The molecule has 2 rings (SSSR count). The Hall–Kier alpha value is -1.20. The molecule has 1 aliphatic rings. The van der Waals surface area contributed by atoms with Gasteiger partial charge in [-0.05, 0) is 37.4 Å². The van der Waals surface area contributed by atoms with E-state index in [0.717, 1.165) is 48.9 Å². The van der Waals surface area contributed by atoms with Gasteiger partial charge in [-0.25, -0.2) is 0 Å². The fourth-order valence-corrected chi connectivity index (χ4v) is 3.57. The van der Waals surface area contributed by atoms with Crippen molar-refractivity contribution in [1.82, 2.24) is 10.6 Å². The first-order chi connectivity index (χ1) is 10.7. The number of para-hydroxylation sites is 1. The molecular formula is C17H26N2O2S. The summed E-state index contributed by atoms with van der Waals surface area (Å²) in [5.74, 6) is 2.64. The number of benzene rings is 1. The van der Waals surface area contributed by atoms with E-state index in [2.05, 4.69) is 23.6 Å². The zero-order chi connectivity index (χ0) is 15.8. The molecule has 0 spiro atoms. The number of nitrogens with one attached hydrogen (secondary N) is 2. The van der Waals surface area contributed by atoms with Crippen LogP contribution in [-0.2, 0) is 4.79 Å². The molecule has 2 unspecified atom stereocenters. The van der Waals surface area contributed by atoms with Gasteiger partial charge in [0, 0.05) is 23.7 Å². The molecule has 5 heteroatoms. The van der Waals surface area contributed by atoms with E-state index < -0.39 is 0 Å². The minimum absolute atomic E-state index is 0.142. The van der Waals surface area contributed by atoms with Gasteiger partial charge in [0.1, 0.15) is 5.75 Å². The summed E-state index contributed by atoms with van der Waals surface area (Å²) in [5.41, 5.74) is 0. The third kappa shape index (κ3) is 5.21. The molecule has 1 saturated heterocycles. The van der Waals surface area contributed by atoms with Crippen molar-refractivity contribution >= 4 is 17.7 Å². The van der Waals surface area contributed by atoms with Crippen molar-refractivity contribution in [3.05, 3.63) is 24.3 Å². The highest BCUT2D eigenvalue weighted by Crippen LogP contribution is 2.29. The molecule has 0 saturated carbocycles. The Kier molecular flexibility index (Phi) is 7.06. The Labute approximate surface area is 137 Å². The maximum Gasteiger partial charge on any atom is 0.224 e. The van der Waals surface area contributed by atoms with Crippen LogP contribution in [-0.4, -0.2) is 38.4 Å². The SMILES string of the molecule is COc1ccccc1SCC(C)CNC(=O)C1CCCNC1. The first-order valence-corrected chi connectivity index (χ1v) is 8.93. The van der Waals surface area contributed by atoms with Crippen LogP contribution in [0.3, 0.4) is 0 Å². The Bertz CT molecular complexity index is 475. The summed E-state index contributed by atoms with van der Waals surface area (Å²) in [7, 11) is 1.70. The second-order valence-electron chi connectivity index (χ2n) is 5.86. The third-order valence-electron chi connectivity index (χ3n) is 3.88.